The summed E-state index contributed by atoms with van der Waals surface area (Å²) in [5.41, 5.74) is 0.873. The first-order valence-corrected chi connectivity index (χ1v) is 8.39. The van der Waals surface area contributed by atoms with Gasteiger partial charge in [-0.1, -0.05) is 28.1 Å². The van der Waals surface area contributed by atoms with E-state index in [0.29, 0.717) is 29.2 Å². The number of carbonyl (C=O) groups excluding carboxylic acids is 2. The number of amides is 2. The van der Waals surface area contributed by atoms with Crippen molar-refractivity contribution in [2.45, 2.75) is 0 Å². The van der Waals surface area contributed by atoms with Gasteiger partial charge in [0.05, 0.1) is 14.2 Å². The molecule has 132 valence electrons. The number of hydrogen-bond donors (Lipinski definition) is 2. The van der Waals surface area contributed by atoms with Crippen molar-refractivity contribution in [2.75, 3.05) is 27.3 Å². The summed E-state index contributed by atoms with van der Waals surface area (Å²) >= 11 is 3.32. The van der Waals surface area contributed by atoms with Crippen molar-refractivity contribution in [3.63, 3.8) is 0 Å². The Hall–Kier alpha value is -2.54. The second kappa shape index (κ2) is 9.08. The average Bonchev–Trinajstić information content (AvgIpc) is 2.64. The molecule has 0 bridgehead atoms. The van der Waals surface area contributed by atoms with Gasteiger partial charge in [0.1, 0.15) is 17.1 Å². The van der Waals surface area contributed by atoms with Gasteiger partial charge in [-0.15, -0.1) is 0 Å². The van der Waals surface area contributed by atoms with Crippen LogP contribution in [0.15, 0.2) is 46.9 Å². The van der Waals surface area contributed by atoms with E-state index in [1.807, 2.05) is 6.07 Å². The van der Waals surface area contributed by atoms with Gasteiger partial charge in [0, 0.05) is 23.1 Å². The van der Waals surface area contributed by atoms with E-state index in [1.165, 1.54) is 14.2 Å². The highest BCUT2D eigenvalue weighted by atomic mass is 79.9. The Bertz CT molecular complexity index is 742. The van der Waals surface area contributed by atoms with Crippen molar-refractivity contribution >= 4 is 27.7 Å². The molecule has 0 fully saturated rings. The Balaban J connectivity index is 1.90. The summed E-state index contributed by atoms with van der Waals surface area (Å²) in [5, 5.41) is 5.50. The van der Waals surface area contributed by atoms with Crippen LogP contribution >= 0.6 is 15.9 Å². The molecule has 0 unspecified atom stereocenters. The van der Waals surface area contributed by atoms with E-state index in [0.717, 1.165) is 4.47 Å². The van der Waals surface area contributed by atoms with Gasteiger partial charge in [0.15, 0.2) is 0 Å². The highest BCUT2D eigenvalue weighted by Gasteiger charge is 2.17. The van der Waals surface area contributed by atoms with Crippen LogP contribution in [-0.4, -0.2) is 39.1 Å². The number of benzene rings is 2. The summed E-state index contributed by atoms with van der Waals surface area (Å²) < 4.78 is 11.2. The maximum absolute atomic E-state index is 12.4. The number of ether oxygens (including phenoxy) is 2. The SMILES string of the molecule is COc1cccc(OC)c1C(=O)NCCNC(=O)c1cccc(Br)c1. The molecule has 2 aromatic rings. The highest BCUT2D eigenvalue weighted by Crippen LogP contribution is 2.27. The minimum Gasteiger partial charge on any atom is -0.496 e. The van der Waals surface area contributed by atoms with Crippen LogP contribution in [0.1, 0.15) is 20.7 Å². The topological polar surface area (TPSA) is 76.7 Å². The molecule has 25 heavy (non-hydrogen) atoms. The van der Waals surface area contributed by atoms with Crippen LogP contribution < -0.4 is 20.1 Å². The van der Waals surface area contributed by atoms with Crippen molar-refractivity contribution in [1.82, 2.24) is 10.6 Å². The van der Waals surface area contributed by atoms with E-state index in [4.69, 9.17) is 9.47 Å². The highest BCUT2D eigenvalue weighted by molar-refractivity contribution is 9.10. The molecule has 0 spiro atoms. The van der Waals surface area contributed by atoms with Crippen molar-refractivity contribution in [3.8, 4) is 11.5 Å². The van der Waals surface area contributed by atoms with Crippen molar-refractivity contribution < 1.29 is 19.1 Å². The first kappa shape index (κ1) is 18.8. The predicted molar refractivity (Wildman–Crippen MR) is 98.4 cm³/mol. The normalized spacial score (nSPS) is 10.0. The summed E-state index contributed by atoms with van der Waals surface area (Å²) in [7, 11) is 2.98. The summed E-state index contributed by atoms with van der Waals surface area (Å²) in [4.78, 5) is 24.4. The van der Waals surface area contributed by atoms with E-state index in [-0.39, 0.29) is 18.4 Å². The lowest BCUT2D eigenvalue weighted by Gasteiger charge is -2.13. The zero-order valence-electron chi connectivity index (χ0n) is 14.0. The number of hydrogen-bond acceptors (Lipinski definition) is 4. The van der Waals surface area contributed by atoms with Crippen molar-refractivity contribution in [3.05, 3.63) is 58.1 Å². The van der Waals surface area contributed by atoms with Gasteiger partial charge in [0.2, 0.25) is 0 Å². The fourth-order valence-electron chi connectivity index (χ4n) is 2.25. The van der Waals surface area contributed by atoms with Crippen LogP contribution in [-0.2, 0) is 0 Å². The molecule has 6 nitrogen and oxygen atoms in total. The van der Waals surface area contributed by atoms with Crippen molar-refractivity contribution in [2.24, 2.45) is 0 Å². The Morgan fingerprint density at radius 3 is 2.04 bits per heavy atom. The standard InChI is InChI=1S/C18H19BrN2O4/c1-24-14-7-4-8-15(25-2)16(14)18(23)21-10-9-20-17(22)12-5-3-6-13(19)11-12/h3-8,11H,9-10H2,1-2H3,(H,20,22)(H,21,23). The number of halogens is 1. The maximum atomic E-state index is 12.4. The second-order valence-corrected chi connectivity index (χ2v) is 5.98. The molecular formula is C18H19BrN2O4. The molecule has 0 aliphatic heterocycles. The third-order valence-electron chi connectivity index (χ3n) is 3.44. The Morgan fingerprint density at radius 1 is 0.920 bits per heavy atom. The molecule has 2 amide bonds. The van der Waals surface area contributed by atoms with Gasteiger partial charge in [-0.25, -0.2) is 0 Å². The number of methoxy groups -OCH3 is 2. The zero-order valence-corrected chi connectivity index (χ0v) is 15.6. The minimum absolute atomic E-state index is 0.203. The van der Waals surface area contributed by atoms with E-state index in [1.54, 1.807) is 36.4 Å². The van der Waals surface area contributed by atoms with Crippen LogP contribution in [0.5, 0.6) is 11.5 Å². The molecule has 2 N–H and O–H groups in total. The fraction of sp³-hybridized carbons (Fsp3) is 0.222. The molecule has 0 aliphatic rings. The summed E-state index contributed by atoms with van der Waals surface area (Å²) in [6.07, 6.45) is 0. The first-order chi connectivity index (χ1) is 12.1. The van der Waals surface area contributed by atoms with Crippen LogP contribution in [0, 0.1) is 0 Å². The van der Waals surface area contributed by atoms with Gasteiger partial charge < -0.3 is 20.1 Å². The fourth-order valence-corrected chi connectivity index (χ4v) is 2.65. The molecule has 0 heterocycles. The van der Waals surface area contributed by atoms with E-state index < -0.39 is 0 Å². The van der Waals surface area contributed by atoms with Crippen LogP contribution in [0.2, 0.25) is 0 Å². The van der Waals surface area contributed by atoms with E-state index in [2.05, 4.69) is 26.6 Å². The number of rotatable bonds is 7. The lowest BCUT2D eigenvalue weighted by molar-refractivity contribution is 0.0924. The van der Waals surface area contributed by atoms with Crippen LogP contribution in [0.25, 0.3) is 0 Å². The lowest BCUT2D eigenvalue weighted by atomic mass is 10.1. The average molecular weight is 407 g/mol. The Kier molecular flexibility index (Phi) is 6.82. The smallest absolute Gasteiger partial charge is 0.258 e. The molecule has 0 aromatic heterocycles. The largest absolute Gasteiger partial charge is 0.496 e. The molecule has 7 heteroatoms. The van der Waals surface area contributed by atoms with E-state index >= 15 is 0 Å². The monoisotopic (exact) mass is 406 g/mol. The number of nitrogens with one attached hydrogen (secondary N) is 2. The third kappa shape index (κ3) is 4.96. The van der Waals surface area contributed by atoms with Gasteiger partial charge >= 0.3 is 0 Å². The molecule has 0 saturated heterocycles. The Morgan fingerprint density at radius 2 is 1.48 bits per heavy atom. The molecule has 2 rings (SSSR count). The second-order valence-electron chi connectivity index (χ2n) is 5.06. The van der Waals surface area contributed by atoms with Gasteiger partial charge in [0.25, 0.3) is 11.8 Å². The van der Waals surface area contributed by atoms with Gasteiger partial charge in [-0.05, 0) is 30.3 Å². The first-order valence-electron chi connectivity index (χ1n) is 7.59. The van der Waals surface area contributed by atoms with Gasteiger partial charge in [-0.3, -0.25) is 9.59 Å². The Labute approximate surface area is 154 Å². The molecule has 0 atom stereocenters. The molecule has 2 aromatic carbocycles. The van der Waals surface area contributed by atoms with E-state index in [9.17, 15) is 9.59 Å². The minimum atomic E-state index is -0.328. The van der Waals surface area contributed by atoms with Gasteiger partial charge in [-0.2, -0.15) is 0 Å². The predicted octanol–water partition coefficient (Wildman–Crippen LogP) is 2.63. The van der Waals surface area contributed by atoms with Crippen LogP contribution in [0.4, 0.5) is 0 Å². The lowest BCUT2D eigenvalue weighted by Crippen LogP contribution is -2.35. The van der Waals surface area contributed by atoms with Crippen LogP contribution in [0.3, 0.4) is 0 Å². The molecular weight excluding hydrogens is 388 g/mol. The number of carbonyl (C=O) groups is 2. The molecule has 0 radical (unpaired) electrons. The third-order valence-corrected chi connectivity index (χ3v) is 3.93. The molecule has 0 aliphatic carbocycles. The summed E-state index contributed by atoms with van der Waals surface area (Å²) in [6.45, 7) is 0.578. The zero-order chi connectivity index (χ0) is 18.2. The summed E-state index contributed by atoms with van der Waals surface area (Å²) in [6, 6.07) is 12.2. The maximum Gasteiger partial charge on any atom is 0.258 e. The molecule has 0 saturated carbocycles. The quantitative estimate of drug-likeness (QED) is 0.692. The summed E-state index contributed by atoms with van der Waals surface area (Å²) in [5.74, 6) is 0.321. The van der Waals surface area contributed by atoms with Crippen molar-refractivity contribution in [1.29, 1.82) is 0 Å².